The molecule has 1 saturated heterocycles. The van der Waals surface area contributed by atoms with E-state index >= 15 is 0 Å². The minimum atomic E-state index is -0.972. The SMILES string of the molecule is CCc1ccc(N2C(=O)C(=O)/C(=C(/O)c3cc(OC)ccc3Cl)C2c2ccc(F)cc2)cc1. The lowest BCUT2D eigenvalue weighted by atomic mass is 9.95. The number of amides is 1. The van der Waals surface area contributed by atoms with Gasteiger partial charge in [0.25, 0.3) is 11.7 Å². The van der Waals surface area contributed by atoms with Gasteiger partial charge in [-0.05, 0) is 60.0 Å². The molecule has 1 aliphatic heterocycles. The fourth-order valence-corrected chi connectivity index (χ4v) is 4.12. The lowest BCUT2D eigenvalue weighted by Gasteiger charge is -2.25. The summed E-state index contributed by atoms with van der Waals surface area (Å²) in [4.78, 5) is 27.7. The Morgan fingerprint density at radius 1 is 1.06 bits per heavy atom. The van der Waals surface area contributed by atoms with Crippen LogP contribution in [0.15, 0.2) is 72.3 Å². The molecule has 0 radical (unpaired) electrons. The van der Waals surface area contributed by atoms with Crippen molar-refractivity contribution in [3.05, 3.63) is 99.8 Å². The average Bonchev–Trinajstić information content (AvgIpc) is 3.10. The third-order valence-corrected chi connectivity index (χ3v) is 6.01. The van der Waals surface area contributed by atoms with Gasteiger partial charge in [-0.25, -0.2) is 4.39 Å². The zero-order valence-electron chi connectivity index (χ0n) is 18.0. The molecule has 0 spiro atoms. The van der Waals surface area contributed by atoms with Crippen LogP contribution in [0.1, 0.15) is 29.7 Å². The van der Waals surface area contributed by atoms with Gasteiger partial charge in [0.2, 0.25) is 0 Å². The summed E-state index contributed by atoms with van der Waals surface area (Å²) < 4.78 is 18.9. The summed E-state index contributed by atoms with van der Waals surface area (Å²) in [5, 5.41) is 11.4. The number of aliphatic hydroxyl groups is 1. The van der Waals surface area contributed by atoms with Gasteiger partial charge in [-0.1, -0.05) is 42.8 Å². The van der Waals surface area contributed by atoms with Crippen molar-refractivity contribution < 1.29 is 23.8 Å². The Bertz CT molecular complexity index is 1250. The van der Waals surface area contributed by atoms with E-state index in [0.717, 1.165) is 12.0 Å². The van der Waals surface area contributed by atoms with Gasteiger partial charge in [0, 0.05) is 11.3 Å². The Morgan fingerprint density at radius 3 is 2.33 bits per heavy atom. The molecular formula is C26H21ClFNO4. The van der Waals surface area contributed by atoms with Crippen LogP contribution >= 0.6 is 11.6 Å². The van der Waals surface area contributed by atoms with E-state index in [1.165, 1.54) is 48.4 Å². The van der Waals surface area contributed by atoms with E-state index in [1.807, 2.05) is 19.1 Å². The second kappa shape index (κ2) is 9.08. The summed E-state index contributed by atoms with van der Waals surface area (Å²) in [6.45, 7) is 2.01. The molecule has 0 saturated carbocycles. The number of carbonyl (C=O) groups is 2. The molecule has 1 atom stereocenters. The van der Waals surface area contributed by atoms with E-state index in [0.29, 0.717) is 17.0 Å². The quantitative estimate of drug-likeness (QED) is 0.299. The molecule has 1 aliphatic rings. The smallest absolute Gasteiger partial charge is 0.300 e. The van der Waals surface area contributed by atoms with Gasteiger partial charge in [0.1, 0.15) is 17.3 Å². The summed E-state index contributed by atoms with van der Waals surface area (Å²) in [5.41, 5.74) is 2.04. The van der Waals surface area contributed by atoms with Gasteiger partial charge in [-0.2, -0.15) is 0 Å². The molecule has 33 heavy (non-hydrogen) atoms. The van der Waals surface area contributed by atoms with Crippen LogP contribution in [-0.4, -0.2) is 23.9 Å². The van der Waals surface area contributed by atoms with Crippen molar-refractivity contribution in [2.24, 2.45) is 0 Å². The molecule has 0 aromatic heterocycles. The largest absolute Gasteiger partial charge is 0.507 e. The normalized spacial score (nSPS) is 17.5. The maximum atomic E-state index is 13.6. The maximum Gasteiger partial charge on any atom is 0.300 e. The molecule has 3 aromatic carbocycles. The number of hydrogen-bond donors (Lipinski definition) is 1. The minimum absolute atomic E-state index is 0.138. The van der Waals surface area contributed by atoms with Crippen LogP contribution in [0, 0.1) is 5.82 Å². The fourth-order valence-electron chi connectivity index (χ4n) is 3.91. The molecular weight excluding hydrogens is 445 g/mol. The van der Waals surface area contributed by atoms with Gasteiger partial charge in [0.05, 0.1) is 23.7 Å². The third kappa shape index (κ3) is 4.10. The number of ether oxygens (including phenoxy) is 1. The zero-order chi connectivity index (χ0) is 23.7. The fraction of sp³-hybridized carbons (Fsp3) is 0.154. The van der Waals surface area contributed by atoms with E-state index in [-0.39, 0.29) is 16.2 Å². The summed E-state index contributed by atoms with van der Waals surface area (Å²) in [6, 6.07) is 16.4. The molecule has 3 aromatic rings. The number of benzene rings is 3. The highest BCUT2D eigenvalue weighted by Crippen LogP contribution is 2.43. The number of nitrogens with zero attached hydrogens (tertiary/aromatic N) is 1. The van der Waals surface area contributed by atoms with Crippen molar-refractivity contribution in [3.63, 3.8) is 0 Å². The van der Waals surface area contributed by atoms with Crippen molar-refractivity contribution in [1.82, 2.24) is 0 Å². The highest BCUT2D eigenvalue weighted by molar-refractivity contribution is 6.52. The van der Waals surface area contributed by atoms with Crippen LogP contribution in [-0.2, 0) is 16.0 Å². The number of halogens is 2. The standard InChI is InChI=1S/C26H21ClFNO4/c1-3-15-4-10-18(11-5-15)29-23(16-6-8-17(28)9-7-16)22(25(31)26(29)32)24(30)20-14-19(33-2)12-13-21(20)27/h4-14,23,30H,3H2,1-2H3/b24-22+. The van der Waals surface area contributed by atoms with E-state index < -0.39 is 29.3 Å². The first kappa shape index (κ1) is 22.6. The van der Waals surface area contributed by atoms with Crippen molar-refractivity contribution >= 4 is 34.7 Å². The Morgan fingerprint density at radius 2 is 1.73 bits per heavy atom. The topological polar surface area (TPSA) is 66.8 Å². The Labute approximate surface area is 195 Å². The molecule has 0 aliphatic carbocycles. The van der Waals surface area contributed by atoms with Gasteiger partial charge in [0.15, 0.2) is 0 Å². The Kier molecular flexibility index (Phi) is 6.20. The molecule has 1 amide bonds. The zero-order valence-corrected chi connectivity index (χ0v) is 18.8. The van der Waals surface area contributed by atoms with E-state index in [2.05, 4.69) is 0 Å². The molecule has 1 unspecified atom stereocenters. The number of aliphatic hydroxyl groups excluding tert-OH is 1. The first-order valence-electron chi connectivity index (χ1n) is 10.3. The molecule has 168 valence electrons. The first-order valence-corrected chi connectivity index (χ1v) is 10.7. The number of hydrogen-bond acceptors (Lipinski definition) is 4. The first-order chi connectivity index (χ1) is 15.8. The van der Waals surface area contributed by atoms with Crippen LogP contribution in [0.2, 0.25) is 5.02 Å². The predicted molar refractivity (Wildman–Crippen MR) is 125 cm³/mol. The maximum absolute atomic E-state index is 13.6. The number of Topliss-reactive ketones (excluding diaryl/α,β-unsaturated/α-hetero) is 1. The van der Waals surface area contributed by atoms with Crippen molar-refractivity contribution in [3.8, 4) is 5.75 Å². The second-order valence-electron chi connectivity index (χ2n) is 7.59. The van der Waals surface area contributed by atoms with E-state index in [4.69, 9.17) is 16.3 Å². The van der Waals surface area contributed by atoms with E-state index in [9.17, 15) is 19.1 Å². The highest BCUT2D eigenvalue weighted by Gasteiger charge is 2.47. The number of carbonyl (C=O) groups excluding carboxylic acids is 2. The molecule has 1 heterocycles. The Balaban J connectivity index is 1.95. The number of methoxy groups -OCH3 is 1. The molecule has 1 N–H and O–H groups in total. The van der Waals surface area contributed by atoms with Crippen molar-refractivity contribution in [1.29, 1.82) is 0 Å². The molecule has 7 heteroatoms. The third-order valence-electron chi connectivity index (χ3n) is 5.68. The lowest BCUT2D eigenvalue weighted by Crippen LogP contribution is -2.29. The lowest BCUT2D eigenvalue weighted by molar-refractivity contribution is -0.132. The monoisotopic (exact) mass is 465 g/mol. The van der Waals surface area contributed by atoms with Gasteiger partial charge >= 0.3 is 0 Å². The average molecular weight is 466 g/mol. The van der Waals surface area contributed by atoms with Gasteiger partial charge in [-0.3, -0.25) is 14.5 Å². The molecule has 5 nitrogen and oxygen atoms in total. The van der Waals surface area contributed by atoms with Crippen LogP contribution in [0.5, 0.6) is 5.75 Å². The van der Waals surface area contributed by atoms with Gasteiger partial charge in [-0.15, -0.1) is 0 Å². The number of rotatable bonds is 5. The highest BCUT2D eigenvalue weighted by atomic mass is 35.5. The van der Waals surface area contributed by atoms with Crippen LogP contribution in [0.25, 0.3) is 5.76 Å². The van der Waals surface area contributed by atoms with E-state index in [1.54, 1.807) is 18.2 Å². The number of anilines is 1. The van der Waals surface area contributed by atoms with Crippen LogP contribution in [0.3, 0.4) is 0 Å². The van der Waals surface area contributed by atoms with Gasteiger partial charge < -0.3 is 9.84 Å². The summed E-state index contributed by atoms with van der Waals surface area (Å²) in [7, 11) is 1.46. The molecule has 0 bridgehead atoms. The number of ketones is 1. The summed E-state index contributed by atoms with van der Waals surface area (Å²) in [6.07, 6.45) is 0.814. The minimum Gasteiger partial charge on any atom is -0.507 e. The summed E-state index contributed by atoms with van der Waals surface area (Å²) >= 11 is 6.30. The summed E-state index contributed by atoms with van der Waals surface area (Å²) in [5.74, 6) is -2.13. The Hall–Kier alpha value is -3.64. The van der Waals surface area contributed by atoms with Crippen LogP contribution in [0.4, 0.5) is 10.1 Å². The molecule has 4 rings (SSSR count). The second-order valence-corrected chi connectivity index (χ2v) is 7.99. The van der Waals surface area contributed by atoms with Crippen LogP contribution < -0.4 is 9.64 Å². The van der Waals surface area contributed by atoms with Crippen molar-refractivity contribution in [2.75, 3.05) is 12.0 Å². The predicted octanol–water partition coefficient (Wildman–Crippen LogP) is 5.68. The molecule has 1 fully saturated rings. The number of aryl methyl sites for hydroxylation is 1. The van der Waals surface area contributed by atoms with Crippen molar-refractivity contribution in [2.45, 2.75) is 19.4 Å².